The van der Waals surface area contributed by atoms with Crippen molar-refractivity contribution in [1.29, 1.82) is 0 Å². The maximum absolute atomic E-state index is 12.5. The quantitative estimate of drug-likeness (QED) is 0.825. The molecule has 1 unspecified atom stereocenters. The summed E-state index contributed by atoms with van der Waals surface area (Å²) in [7, 11) is 0. The predicted molar refractivity (Wildman–Crippen MR) is 55.1 cm³/mol. The number of carbonyl (C=O) groups is 1. The van der Waals surface area contributed by atoms with Gasteiger partial charge in [0.15, 0.2) is 0 Å². The third kappa shape index (κ3) is 2.08. The first-order valence-corrected chi connectivity index (χ1v) is 4.95. The van der Waals surface area contributed by atoms with Crippen LogP contribution in [0.5, 0.6) is 0 Å². The van der Waals surface area contributed by atoms with E-state index < -0.39 is 18.4 Å². The summed E-state index contributed by atoms with van der Waals surface area (Å²) in [5.74, 6) is -3.27. The number of alkyl halides is 3. The largest absolute Gasteiger partial charge is 0.458 e. The van der Waals surface area contributed by atoms with Gasteiger partial charge in [-0.15, -0.1) is 0 Å². The third-order valence-corrected chi connectivity index (χ3v) is 2.54. The minimum Gasteiger partial charge on any atom is -0.350 e. The molecule has 0 fully saturated rings. The molecule has 1 N–H and O–H groups in total. The van der Waals surface area contributed by atoms with E-state index in [4.69, 9.17) is 0 Å². The zero-order valence-corrected chi connectivity index (χ0v) is 8.94. The van der Waals surface area contributed by atoms with E-state index in [0.717, 1.165) is 0 Å². The van der Waals surface area contributed by atoms with E-state index in [-0.39, 0.29) is 5.71 Å². The molecule has 0 aliphatic carbocycles. The van der Waals surface area contributed by atoms with Crippen molar-refractivity contribution in [2.75, 3.05) is 0 Å². The first-order valence-electron chi connectivity index (χ1n) is 4.95. The van der Waals surface area contributed by atoms with Crippen LogP contribution in [0.1, 0.15) is 22.3 Å². The Bertz CT molecular complexity index is 495. The number of hydrogen-bond acceptors (Lipinski definition) is 4. The number of aldehydes is 1. The first-order chi connectivity index (χ1) is 8.36. The summed E-state index contributed by atoms with van der Waals surface area (Å²) in [6.45, 7) is 0. The fourth-order valence-corrected chi connectivity index (χ4v) is 1.48. The summed E-state index contributed by atoms with van der Waals surface area (Å²) in [4.78, 5) is 14.5. The molecular weight excluding hydrogens is 251 g/mol. The monoisotopic (exact) mass is 259 g/mol. The van der Waals surface area contributed by atoms with E-state index in [1.165, 1.54) is 24.3 Å². The number of rotatable bonds is 2. The van der Waals surface area contributed by atoms with Crippen molar-refractivity contribution >= 4 is 12.0 Å². The number of carbonyl (C=O) groups excluding carboxylic acids is 1. The number of benzene rings is 1. The van der Waals surface area contributed by atoms with Gasteiger partial charge in [-0.25, -0.2) is 0 Å². The van der Waals surface area contributed by atoms with Crippen molar-refractivity contribution < 1.29 is 27.9 Å². The zero-order chi connectivity index (χ0) is 13.4. The Kier molecular flexibility index (Phi) is 2.86. The van der Waals surface area contributed by atoms with E-state index >= 15 is 0 Å². The van der Waals surface area contributed by atoms with Gasteiger partial charge in [-0.05, 0) is 5.56 Å². The van der Waals surface area contributed by atoms with Crippen LogP contribution in [0.3, 0.4) is 0 Å². The predicted octanol–water partition coefficient (Wildman–Crippen LogP) is 1.87. The smallest absolute Gasteiger partial charge is 0.350 e. The fourth-order valence-electron chi connectivity index (χ4n) is 1.48. The standard InChI is InChI=1S/C11H8F3NO3/c12-11(13,14)10(17)5-9(15-18-10)8-3-1-7(6-16)2-4-8/h1-4,6,17H,5H2. The highest BCUT2D eigenvalue weighted by molar-refractivity contribution is 6.01. The Morgan fingerprint density at radius 1 is 1.33 bits per heavy atom. The van der Waals surface area contributed by atoms with Gasteiger partial charge in [-0.3, -0.25) is 4.79 Å². The molecule has 0 saturated heterocycles. The summed E-state index contributed by atoms with van der Waals surface area (Å²) in [6, 6.07) is 5.76. The fraction of sp³-hybridized carbons (Fsp3) is 0.273. The Labute approximate surface area is 99.7 Å². The van der Waals surface area contributed by atoms with E-state index in [2.05, 4.69) is 9.99 Å². The maximum atomic E-state index is 12.5. The van der Waals surface area contributed by atoms with Gasteiger partial charge in [0.25, 0.3) is 0 Å². The highest BCUT2D eigenvalue weighted by atomic mass is 19.4. The van der Waals surface area contributed by atoms with Crippen LogP contribution in [0.15, 0.2) is 29.4 Å². The van der Waals surface area contributed by atoms with Crippen LogP contribution in [0, 0.1) is 0 Å². The van der Waals surface area contributed by atoms with Gasteiger partial charge in [0.1, 0.15) is 6.29 Å². The topological polar surface area (TPSA) is 58.9 Å². The van der Waals surface area contributed by atoms with Gasteiger partial charge in [0, 0.05) is 5.56 Å². The van der Waals surface area contributed by atoms with Crippen molar-refractivity contribution in [2.45, 2.75) is 18.4 Å². The molecule has 0 amide bonds. The van der Waals surface area contributed by atoms with Crippen LogP contribution in [0.25, 0.3) is 0 Å². The molecule has 7 heteroatoms. The highest BCUT2D eigenvalue weighted by Crippen LogP contribution is 2.38. The average molecular weight is 259 g/mol. The van der Waals surface area contributed by atoms with Crippen LogP contribution in [0.4, 0.5) is 13.2 Å². The molecule has 0 bridgehead atoms. The van der Waals surface area contributed by atoms with Crippen molar-refractivity contribution in [3.05, 3.63) is 35.4 Å². The van der Waals surface area contributed by atoms with E-state index in [1.807, 2.05) is 0 Å². The van der Waals surface area contributed by atoms with Crippen molar-refractivity contribution in [2.24, 2.45) is 5.16 Å². The number of halogens is 3. The Hall–Kier alpha value is -1.89. The van der Waals surface area contributed by atoms with E-state index in [9.17, 15) is 23.1 Å². The average Bonchev–Trinajstić information content (AvgIpc) is 2.73. The van der Waals surface area contributed by atoms with Gasteiger partial charge in [-0.1, -0.05) is 29.4 Å². The molecular formula is C11H8F3NO3. The first kappa shape index (κ1) is 12.6. The molecule has 1 heterocycles. The maximum Gasteiger partial charge on any atom is 0.458 e. The van der Waals surface area contributed by atoms with Crippen LogP contribution in [0.2, 0.25) is 0 Å². The summed E-state index contributed by atoms with van der Waals surface area (Å²) >= 11 is 0. The van der Waals surface area contributed by atoms with Crippen molar-refractivity contribution in [3.63, 3.8) is 0 Å². The second-order valence-corrected chi connectivity index (χ2v) is 3.83. The molecule has 0 spiro atoms. The Morgan fingerprint density at radius 2 is 1.94 bits per heavy atom. The number of oxime groups is 1. The van der Waals surface area contributed by atoms with Gasteiger partial charge in [0.05, 0.1) is 12.1 Å². The van der Waals surface area contributed by atoms with Gasteiger partial charge >= 0.3 is 12.0 Å². The summed E-state index contributed by atoms with van der Waals surface area (Å²) in [6.07, 6.45) is -5.08. The molecule has 0 saturated carbocycles. The molecule has 1 aromatic rings. The SMILES string of the molecule is O=Cc1ccc(C2=NOC(O)(C(F)(F)F)C2)cc1. The lowest BCUT2D eigenvalue weighted by Gasteiger charge is -2.22. The second kappa shape index (κ2) is 4.09. The van der Waals surface area contributed by atoms with Crippen LogP contribution in [-0.2, 0) is 4.84 Å². The second-order valence-electron chi connectivity index (χ2n) is 3.83. The number of hydrogen-bond donors (Lipinski definition) is 1. The summed E-state index contributed by atoms with van der Waals surface area (Å²) in [5, 5.41) is 12.5. The Morgan fingerprint density at radius 3 is 2.39 bits per heavy atom. The minimum atomic E-state index is -4.92. The van der Waals surface area contributed by atoms with Crippen LogP contribution in [-0.4, -0.2) is 29.1 Å². The highest BCUT2D eigenvalue weighted by Gasteiger charge is 2.60. The number of nitrogens with zero attached hydrogens (tertiary/aromatic N) is 1. The summed E-state index contributed by atoms with van der Waals surface area (Å²) < 4.78 is 37.4. The minimum absolute atomic E-state index is 0.0210. The molecule has 1 aliphatic heterocycles. The lowest BCUT2D eigenvalue weighted by molar-refractivity contribution is -0.355. The molecule has 1 atom stereocenters. The normalized spacial score (nSPS) is 23.4. The zero-order valence-electron chi connectivity index (χ0n) is 8.94. The molecule has 18 heavy (non-hydrogen) atoms. The van der Waals surface area contributed by atoms with Crippen molar-refractivity contribution in [1.82, 2.24) is 0 Å². The van der Waals surface area contributed by atoms with Gasteiger partial charge < -0.3 is 9.94 Å². The Balaban J connectivity index is 2.20. The van der Waals surface area contributed by atoms with Crippen LogP contribution < -0.4 is 0 Å². The molecule has 0 radical (unpaired) electrons. The van der Waals surface area contributed by atoms with Gasteiger partial charge in [0.2, 0.25) is 0 Å². The molecule has 2 rings (SSSR count). The van der Waals surface area contributed by atoms with E-state index in [1.54, 1.807) is 0 Å². The summed E-state index contributed by atoms with van der Waals surface area (Å²) in [5.41, 5.74) is 0.734. The molecule has 4 nitrogen and oxygen atoms in total. The lowest BCUT2D eigenvalue weighted by Crippen LogP contribution is -2.45. The lowest BCUT2D eigenvalue weighted by atomic mass is 10.0. The molecule has 1 aromatic carbocycles. The van der Waals surface area contributed by atoms with Crippen LogP contribution >= 0.6 is 0 Å². The molecule has 1 aliphatic rings. The van der Waals surface area contributed by atoms with E-state index in [0.29, 0.717) is 17.4 Å². The number of aliphatic hydroxyl groups is 1. The van der Waals surface area contributed by atoms with Gasteiger partial charge in [-0.2, -0.15) is 13.2 Å². The van der Waals surface area contributed by atoms with Crippen molar-refractivity contribution in [3.8, 4) is 0 Å². The third-order valence-electron chi connectivity index (χ3n) is 2.54. The molecule has 0 aromatic heterocycles. The molecule has 96 valence electrons.